The lowest BCUT2D eigenvalue weighted by Crippen LogP contribution is -2.15. The van der Waals surface area contributed by atoms with Gasteiger partial charge in [-0.3, -0.25) is 14.5 Å². The van der Waals surface area contributed by atoms with Gasteiger partial charge >= 0.3 is 0 Å². The standard InChI is InChI=1S/C23H23N5O3S2/c1-14-5-4-6-15(11-14)21-26-27-23(32)28(21)10-9-20(29)25-22-24-18(13-33-22)17-12-16(30-2)7-8-19(17)31-3/h4-8,11-13H,9-10H2,1-3H3,(H,27,32)(H,24,25,29). The number of carbonyl (C=O) groups is 1. The zero-order chi connectivity index (χ0) is 23.4. The summed E-state index contributed by atoms with van der Waals surface area (Å²) in [5.41, 5.74) is 3.56. The van der Waals surface area contributed by atoms with Gasteiger partial charge in [0.25, 0.3) is 0 Å². The van der Waals surface area contributed by atoms with Gasteiger partial charge in [0.15, 0.2) is 15.7 Å². The largest absolute Gasteiger partial charge is 0.497 e. The van der Waals surface area contributed by atoms with Crippen LogP contribution in [0.1, 0.15) is 12.0 Å². The predicted octanol–water partition coefficient (Wildman–Crippen LogP) is 5.09. The summed E-state index contributed by atoms with van der Waals surface area (Å²) in [4.78, 5) is 17.2. The number of methoxy groups -OCH3 is 2. The fourth-order valence-corrected chi connectivity index (χ4v) is 4.34. The van der Waals surface area contributed by atoms with Crippen LogP contribution in [0.3, 0.4) is 0 Å². The van der Waals surface area contributed by atoms with Crippen LogP contribution < -0.4 is 14.8 Å². The van der Waals surface area contributed by atoms with Crippen molar-refractivity contribution in [2.24, 2.45) is 0 Å². The number of thiazole rings is 1. The number of aromatic amines is 1. The Hall–Kier alpha value is -3.50. The molecule has 0 aliphatic carbocycles. The van der Waals surface area contributed by atoms with E-state index in [1.165, 1.54) is 11.3 Å². The molecular weight excluding hydrogens is 458 g/mol. The summed E-state index contributed by atoms with van der Waals surface area (Å²) in [7, 11) is 3.21. The number of rotatable bonds is 8. The second-order valence-corrected chi connectivity index (χ2v) is 8.52. The van der Waals surface area contributed by atoms with Gasteiger partial charge < -0.3 is 14.8 Å². The highest BCUT2D eigenvalue weighted by Gasteiger charge is 2.14. The van der Waals surface area contributed by atoms with Crippen molar-refractivity contribution in [1.29, 1.82) is 0 Å². The molecule has 0 aliphatic rings. The van der Waals surface area contributed by atoms with E-state index in [1.807, 2.05) is 59.3 Å². The molecule has 0 fully saturated rings. The average molecular weight is 482 g/mol. The first kappa shape index (κ1) is 22.7. The van der Waals surface area contributed by atoms with E-state index in [2.05, 4.69) is 20.5 Å². The molecule has 33 heavy (non-hydrogen) atoms. The molecule has 0 radical (unpaired) electrons. The quantitative estimate of drug-likeness (QED) is 0.341. The van der Waals surface area contributed by atoms with Gasteiger partial charge in [-0.25, -0.2) is 4.98 Å². The molecule has 0 atom stereocenters. The van der Waals surface area contributed by atoms with E-state index in [0.717, 1.165) is 16.7 Å². The second kappa shape index (κ2) is 9.97. The fourth-order valence-electron chi connectivity index (χ4n) is 3.39. The summed E-state index contributed by atoms with van der Waals surface area (Å²) in [6.07, 6.45) is 0.226. The Morgan fingerprint density at radius 3 is 2.82 bits per heavy atom. The van der Waals surface area contributed by atoms with Crippen LogP contribution in [0.5, 0.6) is 11.5 Å². The Kier molecular flexibility index (Phi) is 6.85. The normalized spacial score (nSPS) is 10.8. The predicted molar refractivity (Wildman–Crippen MR) is 131 cm³/mol. The number of ether oxygens (including phenoxy) is 2. The summed E-state index contributed by atoms with van der Waals surface area (Å²) < 4.78 is 13.0. The zero-order valence-corrected chi connectivity index (χ0v) is 20.0. The molecule has 2 aromatic heterocycles. The second-order valence-electron chi connectivity index (χ2n) is 7.28. The molecular formula is C23H23N5O3S2. The van der Waals surface area contributed by atoms with E-state index in [4.69, 9.17) is 21.7 Å². The molecule has 4 rings (SSSR count). The first-order chi connectivity index (χ1) is 16.0. The number of H-pyrrole nitrogens is 1. The number of aryl methyl sites for hydroxylation is 1. The molecule has 0 unspecified atom stereocenters. The van der Waals surface area contributed by atoms with Gasteiger partial charge in [-0.2, -0.15) is 5.10 Å². The molecule has 10 heteroatoms. The number of aromatic nitrogens is 4. The van der Waals surface area contributed by atoms with Gasteiger partial charge in [0, 0.05) is 29.5 Å². The minimum Gasteiger partial charge on any atom is -0.497 e. The average Bonchev–Trinajstić information content (AvgIpc) is 3.43. The number of carbonyl (C=O) groups excluding carboxylic acids is 1. The Morgan fingerprint density at radius 2 is 2.06 bits per heavy atom. The lowest BCUT2D eigenvalue weighted by Gasteiger charge is -2.08. The molecule has 8 nitrogen and oxygen atoms in total. The molecule has 0 aliphatic heterocycles. The van der Waals surface area contributed by atoms with E-state index < -0.39 is 0 Å². The summed E-state index contributed by atoms with van der Waals surface area (Å²) in [6, 6.07) is 13.5. The van der Waals surface area contributed by atoms with Crippen LogP contribution in [0.15, 0.2) is 47.8 Å². The Balaban J connectivity index is 1.45. The Morgan fingerprint density at radius 1 is 1.21 bits per heavy atom. The maximum atomic E-state index is 12.6. The van der Waals surface area contributed by atoms with E-state index >= 15 is 0 Å². The smallest absolute Gasteiger partial charge is 0.227 e. The van der Waals surface area contributed by atoms with Gasteiger partial charge in [0.2, 0.25) is 5.91 Å². The number of benzene rings is 2. The molecule has 0 spiro atoms. The minimum atomic E-state index is -0.160. The van der Waals surface area contributed by atoms with Gasteiger partial charge in [-0.05, 0) is 43.4 Å². The van der Waals surface area contributed by atoms with Crippen molar-refractivity contribution < 1.29 is 14.3 Å². The molecule has 1 amide bonds. The molecule has 0 saturated heterocycles. The van der Waals surface area contributed by atoms with Crippen molar-refractivity contribution in [2.45, 2.75) is 19.9 Å². The van der Waals surface area contributed by atoms with E-state index in [-0.39, 0.29) is 12.3 Å². The third-order valence-corrected chi connectivity index (χ3v) is 6.10. The van der Waals surface area contributed by atoms with E-state index in [9.17, 15) is 4.79 Å². The summed E-state index contributed by atoms with van der Waals surface area (Å²) >= 11 is 6.72. The van der Waals surface area contributed by atoms with Crippen LogP contribution in [-0.4, -0.2) is 39.9 Å². The highest BCUT2D eigenvalue weighted by Crippen LogP contribution is 2.35. The monoisotopic (exact) mass is 481 g/mol. The number of nitrogens with zero attached hydrogens (tertiary/aromatic N) is 3. The number of amides is 1. The van der Waals surface area contributed by atoms with Crippen LogP contribution in [0.4, 0.5) is 5.13 Å². The molecule has 2 N–H and O–H groups in total. The van der Waals surface area contributed by atoms with Crippen LogP contribution in [0.2, 0.25) is 0 Å². The van der Waals surface area contributed by atoms with Crippen molar-refractivity contribution in [1.82, 2.24) is 19.7 Å². The van der Waals surface area contributed by atoms with Gasteiger partial charge in [0.05, 0.1) is 19.9 Å². The van der Waals surface area contributed by atoms with E-state index in [0.29, 0.717) is 39.5 Å². The molecule has 2 aromatic carbocycles. The lowest BCUT2D eigenvalue weighted by molar-refractivity contribution is -0.116. The molecule has 170 valence electrons. The van der Waals surface area contributed by atoms with Crippen molar-refractivity contribution in [3.63, 3.8) is 0 Å². The highest BCUT2D eigenvalue weighted by atomic mass is 32.1. The van der Waals surface area contributed by atoms with Crippen molar-refractivity contribution in [3.8, 4) is 34.1 Å². The van der Waals surface area contributed by atoms with Crippen molar-refractivity contribution in [2.75, 3.05) is 19.5 Å². The lowest BCUT2D eigenvalue weighted by atomic mass is 10.1. The minimum absolute atomic E-state index is 0.160. The highest BCUT2D eigenvalue weighted by molar-refractivity contribution is 7.71. The van der Waals surface area contributed by atoms with Crippen molar-refractivity contribution in [3.05, 3.63) is 58.2 Å². The maximum absolute atomic E-state index is 12.6. The Bertz CT molecular complexity index is 1340. The van der Waals surface area contributed by atoms with E-state index in [1.54, 1.807) is 14.2 Å². The van der Waals surface area contributed by atoms with Crippen LogP contribution in [-0.2, 0) is 11.3 Å². The SMILES string of the molecule is COc1ccc(OC)c(-c2csc(NC(=O)CCn3c(-c4cccc(C)c4)n[nH]c3=S)n2)c1. The number of hydrogen-bond acceptors (Lipinski definition) is 7. The number of hydrogen-bond donors (Lipinski definition) is 2. The number of nitrogens with one attached hydrogen (secondary N) is 2. The third kappa shape index (κ3) is 5.12. The topological polar surface area (TPSA) is 94.1 Å². The van der Waals surface area contributed by atoms with Gasteiger partial charge in [-0.15, -0.1) is 11.3 Å². The third-order valence-electron chi connectivity index (χ3n) is 5.03. The maximum Gasteiger partial charge on any atom is 0.227 e. The van der Waals surface area contributed by atoms with Gasteiger partial charge in [-0.1, -0.05) is 23.8 Å². The molecule has 0 saturated carbocycles. The van der Waals surface area contributed by atoms with Gasteiger partial charge in [0.1, 0.15) is 11.5 Å². The molecule has 2 heterocycles. The van der Waals surface area contributed by atoms with Crippen LogP contribution >= 0.6 is 23.6 Å². The first-order valence-electron chi connectivity index (χ1n) is 10.2. The molecule has 0 bridgehead atoms. The first-order valence-corrected chi connectivity index (χ1v) is 11.5. The van der Waals surface area contributed by atoms with Crippen LogP contribution in [0.25, 0.3) is 22.6 Å². The summed E-state index contributed by atoms with van der Waals surface area (Å²) in [6.45, 7) is 2.42. The summed E-state index contributed by atoms with van der Waals surface area (Å²) in [5, 5.41) is 12.4. The molecule has 4 aromatic rings. The van der Waals surface area contributed by atoms with Crippen LogP contribution in [0, 0.1) is 11.7 Å². The fraction of sp³-hybridized carbons (Fsp3) is 0.217. The number of anilines is 1. The van der Waals surface area contributed by atoms with Crippen molar-refractivity contribution >= 4 is 34.6 Å². The Labute approximate surface area is 200 Å². The zero-order valence-electron chi connectivity index (χ0n) is 18.4. The summed E-state index contributed by atoms with van der Waals surface area (Å²) in [5.74, 6) is 1.92.